The van der Waals surface area contributed by atoms with Crippen LogP contribution in [0.4, 0.5) is 0 Å². The van der Waals surface area contributed by atoms with Gasteiger partial charge in [0.2, 0.25) is 0 Å². The smallest absolute Gasteiger partial charge is 0.330 e. The minimum Gasteiger partial charge on any atom is -0.460 e. The fourth-order valence-electron chi connectivity index (χ4n) is 0.750. The van der Waals surface area contributed by atoms with Crippen LogP contribution in [-0.4, -0.2) is 39.0 Å². The molecule has 0 amide bonds. The number of ether oxygens (including phenoxy) is 3. The highest BCUT2D eigenvalue weighted by atomic mass is 16.6. The molecule has 0 aromatic carbocycles. The lowest BCUT2D eigenvalue weighted by atomic mass is 10.5. The van der Waals surface area contributed by atoms with Crippen LogP contribution in [0.1, 0.15) is 13.8 Å². The monoisotopic (exact) mass is 202 g/mol. The molecule has 0 aliphatic heterocycles. The van der Waals surface area contributed by atoms with Crippen molar-refractivity contribution in [2.75, 3.05) is 33.0 Å². The highest BCUT2D eigenvalue weighted by Gasteiger charge is 1.95. The topological polar surface area (TPSA) is 44.8 Å². The molecule has 0 N–H and O–H groups in total. The standard InChI is InChI=1S/C10H18O4/c1-3-5-10(11)14-9-8-13-7-6-12-4-2/h3,5H,4,6-9H2,1-2H3/b5-3-. The van der Waals surface area contributed by atoms with Gasteiger partial charge in [0.25, 0.3) is 0 Å². The van der Waals surface area contributed by atoms with Crippen LogP contribution in [0.25, 0.3) is 0 Å². The molecule has 14 heavy (non-hydrogen) atoms. The average molecular weight is 202 g/mol. The first-order valence-corrected chi connectivity index (χ1v) is 4.76. The van der Waals surface area contributed by atoms with E-state index in [9.17, 15) is 4.79 Å². The maximum absolute atomic E-state index is 10.8. The summed E-state index contributed by atoms with van der Waals surface area (Å²) >= 11 is 0. The Hall–Kier alpha value is -0.870. The van der Waals surface area contributed by atoms with Crippen molar-refractivity contribution in [3.05, 3.63) is 12.2 Å². The van der Waals surface area contributed by atoms with Crippen molar-refractivity contribution in [2.45, 2.75) is 13.8 Å². The second-order valence-corrected chi connectivity index (χ2v) is 2.48. The highest BCUT2D eigenvalue weighted by Crippen LogP contribution is 1.83. The molecule has 0 aliphatic rings. The molecule has 82 valence electrons. The molecule has 0 aromatic heterocycles. The van der Waals surface area contributed by atoms with Crippen molar-refractivity contribution in [1.82, 2.24) is 0 Å². The van der Waals surface area contributed by atoms with Gasteiger partial charge in [0.15, 0.2) is 0 Å². The number of rotatable bonds is 8. The molecule has 0 spiro atoms. The van der Waals surface area contributed by atoms with E-state index in [2.05, 4.69) is 0 Å². The Bertz CT molecular complexity index is 166. The van der Waals surface area contributed by atoms with Crippen LogP contribution in [0.5, 0.6) is 0 Å². The third-order valence-corrected chi connectivity index (χ3v) is 1.35. The Labute approximate surface area is 84.8 Å². The fraction of sp³-hybridized carbons (Fsp3) is 0.700. The number of esters is 1. The van der Waals surface area contributed by atoms with Crippen LogP contribution in [0.15, 0.2) is 12.2 Å². The first-order chi connectivity index (χ1) is 6.81. The fourth-order valence-corrected chi connectivity index (χ4v) is 0.750. The van der Waals surface area contributed by atoms with Gasteiger partial charge in [-0.2, -0.15) is 0 Å². The third-order valence-electron chi connectivity index (χ3n) is 1.35. The molecule has 4 heteroatoms. The normalized spacial score (nSPS) is 10.7. The molecule has 4 nitrogen and oxygen atoms in total. The van der Waals surface area contributed by atoms with E-state index >= 15 is 0 Å². The number of hydrogen-bond acceptors (Lipinski definition) is 4. The van der Waals surface area contributed by atoms with Crippen molar-refractivity contribution in [3.63, 3.8) is 0 Å². The van der Waals surface area contributed by atoms with Gasteiger partial charge in [-0.1, -0.05) is 6.08 Å². The van der Waals surface area contributed by atoms with Crippen molar-refractivity contribution >= 4 is 5.97 Å². The van der Waals surface area contributed by atoms with Gasteiger partial charge in [-0.05, 0) is 13.8 Å². The molecule has 0 saturated heterocycles. The summed E-state index contributed by atoms with van der Waals surface area (Å²) < 4.78 is 15.0. The molecule has 0 radical (unpaired) electrons. The van der Waals surface area contributed by atoms with Crippen molar-refractivity contribution in [2.24, 2.45) is 0 Å². The van der Waals surface area contributed by atoms with Gasteiger partial charge in [0.1, 0.15) is 6.61 Å². The number of carbonyl (C=O) groups is 1. The van der Waals surface area contributed by atoms with Crippen molar-refractivity contribution < 1.29 is 19.0 Å². The predicted octanol–water partition coefficient (Wildman–Crippen LogP) is 1.16. The minimum atomic E-state index is -0.332. The van der Waals surface area contributed by atoms with E-state index in [4.69, 9.17) is 14.2 Å². The summed E-state index contributed by atoms with van der Waals surface area (Å²) in [4.78, 5) is 10.8. The van der Waals surface area contributed by atoms with E-state index in [-0.39, 0.29) is 12.6 Å². The van der Waals surface area contributed by atoms with Gasteiger partial charge >= 0.3 is 5.97 Å². The molecule has 0 fully saturated rings. The molecule has 0 bridgehead atoms. The predicted molar refractivity (Wildman–Crippen MR) is 53.1 cm³/mol. The number of allylic oxidation sites excluding steroid dienone is 1. The molecule has 0 aliphatic carbocycles. The van der Waals surface area contributed by atoms with E-state index in [0.717, 1.165) is 0 Å². The highest BCUT2D eigenvalue weighted by molar-refractivity contribution is 5.81. The zero-order chi connectivity index (χ0) is 10.6. The zero-order valence-electron chi connectivity index (χ0n) is 8.82. The molecule has 0 saturated carbocycles. The molecule has 0 heterocycles. The lowest BCUT2D eigenvalue weighted by Crippen LogP contribution is -2.11. The SMILES string of the molecule is C/C=C\C(=O)OCCOCCOCC. The largest absolute Gasteiger partial charge is 0.460 e. The van der Waals surface area contributed by atoms with Gasteiger partial charge in [-0.15, -0.1) is 0 Å². The number of hydrogen-bond donors (Lipinski definition) is 0. The third kappa shape index (κ3) is 9.22. The first kappa shape index (κ1) is 13.1. The molecule has 0 rings (SSSR count). The van der Waals surface area contributed by atoms with Crippen LogP contribution >= 0.6 is 0 Å². The Balaban J connectivity index is 3.09. The lowest BCUT2D eigenvalue weighted by molar-refractivity contribution is -0.139. The number of carbonyl (C=O) groups excluding carboxylic acids is 1. The lowest BCUT2D eigenvalue weighted by Gasteiger charge is -2.04. The Morgan fingerprint density at radius 3 is 2.43 bits per heavy atom. The van der Waals surface area contributed by atoms with Gasteiger partial charge in [-0.3, -0.25) is 0 Å². The minimum absolute atomic E-state index is 0.287. The van der Waals surface area contributed by atoms with Gasteiger partial charge in [0.05, 0.1) is 19.8 Å². The Kier molecular flexibility index (Phi) is 9.58. The van der Waals surface area contributed by atoms with E-state index in [0.29, 0.717) is 26.4 Å². The average Bonchev–Trinajstić information content (AvgIpc) is 2.17. The van der Waals surface area contributed by atoms with Crippen LogP contribution in [0.2, 0.25) is 0 Å². The summed E-state index contributed by atoms with van der Waals surface area (Å²) in [6.45, 7) is 6.21. The quantitative estimate of drug-likeness (QED) is 0.336. The summed E-state index contributed by atoms with van der Waals surface area (Å²) in [7, 11) is 0. The molecular weight excluding hydrogens is 184 g/mol. The zero-order valence-corrected chi connectivity index (χ0v) is 8.82. The van der Waals surface area contributed by atoms with Crippen molar-refractivity contribution in [3.8, 4) is 0 Å². The molecule has 0 atom stereocenters. The van der Waals surface area contributed by atoms with Crippen LogP contribution < -0.4 is 0 Å². The summed E-state index contributed by atoms with van der Waals surface area (Å²) in [5.41, 5.74) is 0. The van der Waals surface area contributed by atoms with Gasteiger partial charge in [-0.25, -0.2) is 4.79 Å². The second-order valence-electron chi connectivity index (χ2n) is 2.48. The summed E-state index contributed by atoms with van der Waals surface area (Å²) in [5.74, 6) is -0.332. The van der Waals surface area contributed by atoms with Crippen LogP contribution in [-0.2, 0) is 19.0 Å². The Morgan fingerprint density at radius 2 is 1.79 bits per heavy atom. The van der Waals surface area contributed by atoms with E-state index in [1.165, 1.54) is 6.08 Å². The molecular formula is C10H18O4. The van der Waals surface area contributed by atoms with Gasteiger partial charge < -0.3 is 14.2 Å². The maximum atomic E-state index is 10.8. The summed E-state index contributed by atoms with van der Waals surface area (Å²) in [6, 6.07) is 0. The molecule has 0 aromatic rings. The summed E-state index contributed by atoms with van der Waals surface area (Å²) in [5, 5.41) is 0. The second kappa shape index (κ2) is 10.2. The maximum Gasteiger partial charge on any atom is 0.330 e. The summed E-state index contributed by atoms with van der Waals surface area (Å²) in [6.07, 6.45) is 3.01. The van der Waals surface area contributed by atoms with Crippen LogP contribution in [0.3, 0.4) is 0 Å². The van der Waals surface area contributed by atoms with Crippen LogP contribution in [0, 0.1) is 0 Å². The molecule has 0 unspecified atom stereocenters. The van der Waals surface area contributed by atoms with E-state index in [1.807, 2.05) is 6.92 Å². The first-order valence-electron chi connectivity index (χ1n) is 4.76. The Morgan fingerprint density at radius 1 is 1.14 bits per heavy atom. The van der Waals surface area contributed by atoms with Crippen molar-refractivity contribution in [1.29, 1.82) is 0 Å². The van der Waals surface area contributed by atoms with E-state index in [1.54, 1.807) is 13.0 Å². The van der Waals surface area contributed by atoms with Gasteiger partial charge in [0, 0.05) is 12.7 Å². The van der Waals surface area contributed by atoms with E-state index < -0.39 is 0 Å².